The second kappa shape index (κ2) is 5.77. The van der Waals surface area contributed by atoms with Crippen molar-refractivity contribution in [1.29, 1.82) is 0 Å². The van der Waals surface area contributed by atoms with E-state index in [1.807, 2.05) is 0 Å². The molecule has 0 aliphatic carbocycles. The molecule has 0 aliphatic heterocycles. The summed E-state index contributed by atoms with van der Waals surface area (Å²) in [5.74, 6) is -1.19. The van der Waals surface area contributed by atoms with Gasteiger partial charge in [-0.1, -0.05) is 23.5 Å². The van der Waals surface area contributed by atoms with E-state index < -0.39 is 22.2 Å². The van der Waals surface area contributed by atoms with Gasteiger partial charge in [0.1, 0.15) is 5.75 Å². The van der Waals surface area contributed by atoms with E-state index >= 15 is 0 Å². The van der Waals surface area contributed by atoms with E-state index in [2.05, 4.69) is 25.3 Å². The maximum atomic E-state index is 12.2. The second-order valence-corrected chi connectivity index (χ2v) is 4.46. The minimum atomic E-state index is -4.62. The second-order valence-electron chi connectivity index (χ2n) is 3.50. The van der Waals surface area contributed by atoms with Crippen LogP contribution in [0.25, 0.3) is 0 Å². The number of phenols is 1. The fraction of sp³-hybridized carbons (Fsp3) is 0.100. The summed E-state index contributed by atoms with van der Waals surface area (Å²) in [6.07, 6.45) is -4.62. The van der Waals surface area contributed by atoms with E-state index in [0.717, 1.165) is 0 Å². The number of halogens is 3. The Morgan fingerprint density at radius 3 is 2.62 bits per heavy atom. The van der Waals surface area contributed by atoms with Crippen molar-refractivity contribution in [3.8, 4) is 5.75 Å². The maximum absolute atomic E-state index is 12.2. The molecule has 11 heteroatoms. The van der Waals surface area contributed by atoms with Crippen LogP contribution in [0.15, 0.2) is 34.5 Å². The lowest BCUT2D eigenvalue weighted by Crippen LogP contribution is -2.03. The zero-order valence-corrected chi connectivity index (χ0v) is 10.8. The molecule has 0 radical (unpaired) electrons. The monoisotopic (exact) mass is 316 g/mol. The third-order valence-corrected chi connectivity index (χ3v) is 2.91. The number of hydrogen-bond acceptors (Lipinski definition) is 6. The van der Waals surface area contributed by atoms with Gasteiger partial charge in [-0.2, -0.15) is 13.2 Å². The highest BCUT2D eigenvalue weighted by Crippen LogP contribution is 2.33. The van der Waals surface area contributed by atoms with Crippen LogP contribution < -0.4 is 4.91 Å². The number of aromatic nitrogens is 2. The summed E-state index contributed by atoms with van der Waals surface area (Å²) in [7, 11) is 0. The molecule has 7 nitrogen and oxygen atoms in total. The Morgan fingerprint density at radius 2 is 2.00 bits per heavy atom. The zero-order valence-electron chi connectivity index (χ0n) is 9.94. The lowest BCUT2D eigenvalue weighted by Gasteiger charge is -1.96. The normalized spacial score (nSPS) is 10.8. The Bertz CT molecular complexity index is 736. The minimum Gasteiger partial charge on any atom is -0.507 e. The van der Waals surface area contributed by atoms with E-state index in [1.165, 1.54) is 24.3 Å². The van der Waals surface area contributed by atoms with Gasteiger partial charge in [0, 0.05) is 0 Å². The van der Waals surface area contributed by atoms with Gasteiger partial charge in [0.25, 0.3) is 0 Å². The van der Waals surface area contributed by atoms with Crippen molar-refractivity contribution in [2.45, 2.75) is 6.18 Å². The summed E-state index contributed by atoms with van der Waals surface area (Å²) in [5, 5.41) is 20.2. The fourth-order valence-electron chi connectivity index (χ4n) is 1.18. The van der Waals surface area contributed by atoms with Gasteiger partial charge in [0.2, 0.25) is 15.0 Å². The van der Waals surface area contributed by atoms with E-state index in [0.29, 0.717) is 0 Å². The van der Waals surface area contributed by atoms with Gasteiger partial charge >= 0.3 is 17.2 Å². The molecular formula is C10H5F3N5O2S+. The molecule has 1 heterocycles. The molecule has 0 unspecified atom stereocenters. The Kier molecular flexibility index (Phi) is 4.05. The molecule has 1 amide bonds. The van der Waals surface area contributed by atoms with Crippen LogP contribution >= 0.6 is 11.3 Å². The van der Waals surface area contributed by atoms with Crippen LogP contribution in [-0.2, 0) is 6.18 Å². The van der Waals surface area contributed by atoms with Gasteiger partial charge < -0.3 is 5.11 Å². The number of benzene rings is 1. The molecule has 1 aromatic carbocycles. The number of nitrogens with zero attached hydrogens (tertiary/aromatic N) is 5. The Labute approximate surface area is 118 Å². The highest BCUT2D eigenvalue weighted by atomic mass is 32.1. The smallest absolute Gasteiger partial charge is 0.445 e. The Morgan fingerprint density at radius 1 is 1.29 bits per heavy atom. The SMILES string of the molecule is O=C(N=[N+]=Nc1nnc(C(F)(F)F)s1)c1ccccc1O. The number of phenolic OH excluding ortho intramolecular Hbond substituents is 1. The Hall–Kier alpha value is -2.65. The predicted octanol–water partition coefficient (Wildman–Crippen LogP) is 2.71. The summed E-state index contributed by atoms with van der Waals surface area (Å²) in [6, 6.07) is 5.59. The van der Waals surface area contributed by atoms with Crippen LogP contribution in [0.3, 0.4) is 0 Å². The number of para-hydroxylation sites is 1. The van der Waals surface area contributed by atoms with Gasteiger partial charge in [-0.05, 0) is 12.1 Å². The number of amides is 1. The van der Waals surface area contributed by atoms with Crippen LogP contribution in [0.2, 0.25) is 0 Å². The lowest BCUT2D eigenvalue weighted by molar-refractivity contribution is -0.138. The first-order valence-electron chi connectivity index (χ1n) is 5.22. The molecule has 0 spiro atoms. The standard InChI is InChI=1S/C10H4F3N5O2S/c11-10(12,13)8-15-16-9(21-8)17-18-14-7(20)5-3-1-2-4-6(5)19/h1-4H/p+1. The highest BCUT2D eigenvalue weighted by molar-refractivity contribution is 7.15. The van der Waals surface area contributed by atoms with Crippen LogP contribution in [0, 0.1) is 0 Å². The quantitative estimate of drug-likeness (QED) is 0.679. The summed E-state index contributed by atoms with van der Waals surface area (Å²) >= 11 is 0.162. The van der Waals surface area contributed by atoms with Gasteiger partial charge in [0.05, 0.1) is 5.56 Å². The number of carbonyl (C=O) groups excluding carboxylic acids is 1. The molecule has 0 fully saturated rings. The molecule has 1 N–H and O–H groups in total. The van der Waals surface area contributed by atoms with Crippen molar-refractivity contribution in [2.24, 2.45) is 10.2 Å². The zero-order chi connectivity index (χ0) is 15.5. The van der Waals surface area contributed by atoms with Gasteiger partial charge in [0.15, 0.2) is 5.11 Å². The summed E-state index contributed by atoms with van der Waals surface area (Å²) in [5.41, 5.74) is -0.107. The first-order valence-corrected chi connectivity index (χ1v) is 6.04. The van der Waals surface area contributed by atoms with Gasteiger partial charge in [-0.25, -0.2) is 0 Å². The number of hydrogen-bond donors (Lipinski definition) is 1. The highest BCUT2D eigenvalue weighted by Gasteiger charge is 2.36. The van der Waals surface area contributed by atoms with Gasteiger partial charge in [-0.3, -0.25) is 4.79 Å². The first-order chi connectivity index (χ1) is 9.88. The molecule has 108 valence electrons. The average Bonchev–Trinajstić information content (AvgIpc) is 2.88. The van der Waals surface area contributed by atoms with E-state index in [1.54, 1.807) is 0 Å². The van der Waals surface area contributed by atoms with Crippen molar-refractivity contribution in [1.82, 2.24) is 15.1 Å². The molecule has 0 bridgehead atoms. The third kappa shape index (κ3) is 3.68. The largest absolute Gasteiger partial charge is 0.507 e. The van der Waals surface area contributed by atoms with Crippen molar-refractivity contribution < 1.29 is 23.1 Å². The number of aromatic hydroxyl groups is 1. The summed E-state index contributed by atoms with van der Waals surface area (Å²) in [4.78, 5) is 14.6. The number of alkyl halides is 3. The van der Waals surface area contributed by atoms with E-state index in [9.17, 15) is 23.1 Å². The van der Waals surface area contributed by atoms with Crippen LogP contribution in [0.1, 0.15) is 15.4 Å². The lowest BCUT2D eigenvalue weighted by atomic mass is 10.2. The third-order valence-electron chi connectivity index (χ3n) is 2.06. The minimum absolute atomic E-state index is 0.107. The maximum Gasteiger partial charge on any atom is 0.445 e. The van der Waals surface area contributed by atoms with Crippen molar-refractivity contribution >= 4 is 22.4 Å². The average molecular weight is 316 g/mol. The van der Waals surface area contributed by atoms with Crippen molar-refractivity contribution in [2.75, 3.05) is 0 Å². The first kappa shape index (κ1) is 14.8. The van der Waals surface area contributed by atoms with E-state index in [-0.39, 0.29) is 22.6 Å². The Balaban J connectivity index is 2.16. The van der Waals surface area contributed by atoms with Crippen molar-refractivity contribution in [3.63, 3.8) is 0 Å². The van der Waals surface area contributed by atoms with Gasteiger partial charge in [-0.15, -0.1) is 10.2 Å². The molecule has 2 rings (SSSR count). The topological polar surface area (TPSA) is 102 Å². The molecular weight excluding hydrogens is 311 g/mol. The van der Waals surface area contributed by atoms with Crippen molar-refractivity contribution in [3.05, 3.63) is 34.8 Å². The summed E-state index contributed by atoms with van der Waals surface area (Å²) in [6.45, 7) is 0. The predicted molar refractivity (Wildman–Crippen MR) is 64.0 cm³/mol. The number of rotatable bonds is 2. The molecule has 0 atom stereocenters. The fourth-order valence-corrected chi connectivity index (χ4v) is 1.71. The number of carbonyl (C=O) groups is 1. The molecule has 0 saturated heterocycles. The van der Waals surface area contributed by atoms with Crippen LogP contribution in [0.5, 0.6) is 5.75 Å². The molecule has 0 aliphatic rings. The van der Waals surface area contributed by atoms with Crippen LogP contribution in [-0.4, -0.2) is 21.2 Å². The van der Waals surface area contributed by atoms with E-state index in [4.69, 9.17) is 0 Å². The summed E-state index contributed by atoms with van der Waals surface area (Å²) < 4.78 is 36.7. The van der Waals surface area contributed by atoms with Crippen LogP contribution in [0.4, 0.5) is 18.3 Å². The molecule has 1 aromatic heterocycles. The molecule has 0 saturated carbocycles. The molecule has 2 aromatic rings. The molecule has 21 heavy (non-hydrogen) atoms.